The van der Waals surface area contributed by atoms with Crippen molar-refractivity contribution in [3.05, 3.63) is 35.4 Å². The Morgan fingerprint density at radius 1 is 1.20 bits per heavy atom. The van der Waals surface area contributed by atoms with Gasteiger partial charge in [0.15, 0.2) is 0 Å². The van der Waals surface area contributed by atoms with E-state index in [2.05, 4.69) is 0 Å². The van der Waals surface area contributed by atoms with Gasteiger partial charge >= 0.3 is 11.9 Å². The zero-order valence-corrected chi connectivity index (χ0v) is 8.14. The van der Waals surface area contributed by atoms with Crippen molar-refractivity contribution in [2.75, 3.05) is 6.54 Å². The number of hydrogen-bond acceptors (Lipinski definition) is 2. The number of carbonyl (C=O) groups excluding carboxylic acids is 1. The monoisotopic (exact) mass is 205 g/mol. The van der Waals surface area contributed by atoms with Gasteiger partial charge in [0.2, 0.25) is 0 Å². The molecule has 0 aromatic heterocycles. The molecule has 1 aliphatic rings. The number of fused-ring (bicyclic) bond motifs is 1. The first-order chi connectivity index (χ1) is 7.18. The van der Waals surface area contributed by atoms with Gasteiger partial charge in [-0.15, -0.1) is 0 Å². The van der Waals surface area contributed by atoms with Crippen molar-refractivity contribution in [2.24, 2.45) is 0 Å². The molecular formula is C11H11NO3. The van der Waals surface area contributed by atoms with E-state index in [9.17, 15) is 9.59 Å². The molecule has 0 bridgehead atoms. The van der Waals surface area contributed by atoms with Crippen molar-refractivity contribution in [2.45, 2.75) is 13.0 Å². The van der Waals surface area contributed by atoms with Gasteiger partial charge in [-0.05, 0) is 17.5 Å². The molecule has 15 heavy (non-hydrogen) atoms. The molecule has 1 heterocycles. The number of rotatable bonds is 0. The van der Waals surface area contributed by atoms with Crippen LogP contribution in [0.15, 0.2) is 24.3 Å². The SMILES string of the molecule is O=C(O)C(=O)N1CCc2ccccc2C1. The fraction of sp³-hybridized carbons (Fsp3) is 0.273. The minimum atomic E-state index is -1.38. The Labute approximate surface area is 87.1 Å². The largest absolute Gasteiger partial charge is 0.474 e. The molecule has 2 rings (SSSR count). The summed E-state index contributed by atoms with van der Waals surface area (Å²) in [5.74, 6) is -2.20. The molecule has 4 nitrogen and oxygen atoms in total. The minimum absolute atomic E-state index is 0.404. The molecule has 0 radical (unpaired) electrons. The molecule has 1 aliphatic heterocycles. The molecule has 1 N–H and O–H groups in total. The van der Waals surface area contributed by atoms with Crippen LogP contribution in [0.1, 0.15) is 11.1 Å². The van der Waals surface area contributed by atoms with Crippen LogP contribution in [0.4, 0.5) is 0 Å². The van der Waals surface area contributed by atoms with E-state index in [1.807, 2.05) is 24.3 Å². The van der Waals surface area contributed by atoms with Crippen molar-refractivity contribution in [3.8, 4) is 0 Å². The summed E-state index contributed by atoms with van der Waals surface area (Å²) in [5.41, 5.74) is 2.24. The number of carbonyl (C=O) groups is 2. The molecule has 0 aliphatic carbocycles. The third-order valence-electron chi connectivity index (χ3n) is 2.60. The molecular weight excluding hydrogens is 194 g/mol. The van der Waals surface area contributed by atoms with Crippen LogP contribution >= 0.6 is 0 Å². The summed E-state index contributed by atoms with van der Waals surface area (Å²) in [5, 5.41) is 8.59. The zero-order valence-electron chi connectivity index (χ0n) is 8.14. The highest BCUT2D eigenvalue weighted by Crippen LogP contribution is 2.18. The second-order valence-corrected chi connectivity index (χ2v) is 3.55. The lowest BCUT2D eigenvalue weighted by Crippen LogP contribution is -2.39. The maximum atomic E-state index is 11.2. The fourth-order valence-corrected chi connectivity index (χ4v) is 1.80. The Kier molecular flexibility index (Phi) is 2.41. The number of amides is 1. The van der Waals surface area contributed by atoms with E-state index in [4.69, 9.17) is 5.11 Å². The lowest BCUT2D eigenvalue weighted by molar-refractivity contribution is -0.156. The second kappa shape index (κ2) is 3.73. The Bertz CT molecular complexity index is 414. The zero-order chi connectivity index (χ0) is 10.8. The Morgan fingerprint density at radius 2 is 1.87 bits per heavy atom. The molecule has 78 valence electrons. The highest BCUT2D eigenvalue weighted by Gasteiger charge is 2.24. The van der Waals surface area contributed by atoms with Gasteiger partial charge in [-0.25, -0.2) is 4.79 Å². The molecule has 1 amide bonds. The first kappa shape index (κ1) is 9.71. The number of nitrogens with zero attached hydrogens (tertiary/aromatic N) is 1. The summed E-state index contributed by atoms with van der Waals surface area (Å²) >= 11 is 0. The van der Waals surface area contributed by atoms with Gasteiger partial charge in [-0.3, -0.25) is 4.79 Å². The topological polar surface area (TPSA) is 57.6 Å². The summed E-state index contributed by atoms with van der Waals surface area (Å²) in [4.78, 5) is 23.1. The third kappa shape index (κ3) is 1.83. The summed E-state index contributed by atoms with van der Waals surface area (Å²) in [7, 11) is 0. The summed E-state index contributed by atoms with van der Waals surface area (Å²) in [6.45, 7) is 0.892. The standard InChI is InChI=1S/C11H11NO3/c13-10(11(14)15)12-6-5-8-3-1-2-4-9(8)7-12/h1-4H,5-7H2,(H,14,15). The van der Waals surface area contributed by atoms with Gasteiger partial charge in [0.05, 0.1) is 0 Å². The number of carboxylic acid groups (broad SMARTS) is 1. The lowest BCUT2D eigenvalue weighted by atomic mass is 10.00. The van der Waals surface area contributed by atoms with Gasteiger partial charge in [0, 0.05) is 13.1 Å². The van der Waals surface area contributed by atoms with E-state index in [0.29, 0.717) is 13.1 Å². The Morgan fingerprint density at radius 3 is 2.53 bits per heavy atom. The van der Waals surface area contributed by atoms with E-state index in [1.165, 1.54) is 10.5 Å². The smallest absolute Gasteiger partial charge is 0.394 e. The maximum absolute atomic E-state index is 11.2. The van der Waals surface area contributed by atoms with Crippen LogP contribution in [-0.4, -0.2) is 28.4 Å². The number of carboxylic acids is 1. The summed E-state index contributed by atoms with van der Waals surface area (Å²) < 4.78 is 0. The van der Waals surface area contributed by atoms with Gasteiger partial charge in [0.1, 0.15) is 0 Å². The van der Waals surface area contributed by atoms with Gasteiger partial charge in [0.25, 0.3) is 0 Å². The Hall–Kier alpha value is -1.84. The van der Waals surface area contributed by atoms with E-state index in [0.717, 1.165) is 12.0 Å². The molecule has 4 heteroatoms. The van der Waals surface area contributed by atoms with Crippen molar-refractivity contribution in [1.82, 2.24) is 4.90 Å². The Balaban J connectivity index is 2.19. The molecule has 0 unspecified atom stereocenters. The van der Waals surface area contributed by atoms with Crippen molar-refractivity contribution in [3.63, 3.8) is 0 Å². The number of aliphatic carboxylic acids is 1. The van der Waals surface area contributed by atoms with Crippen LogP contribution < -0.4 is 0 Å². The fourth-order valence-electron chi connectivity index (χ4n) is 1.80. The number of benzene rings is 1. The molecule has 1 aromatic carbocycles. The average molecular weight is 205 g/mol. The van der Waals surface area contributed by atoms with Crippen LogP contribution in [-0.2, 0) is 22.6 Å². The summed E-state index contributed by atoms with van der Waals surface area (Å²) in [6, 6.07) is 7.79. The van der Waals surface area contributed by atoms with E-state index < -0.39 is 11.9 Å². The first-order valence-corrected chi connectivity index (χ1v) is 4.77. The molecule has 0 fully saturated rings. The molecule has 0 saturated heterocycles. The van der Waals surface area contributed by atoms with Gasteiger partial charge < -0.3 is 10.0 Å². The highest BCUT2D eigenvalue weighted by molar-refractivity contribution is 6.31. The highest BCUT2D eigenvalue weighted by atomic mass is 16.4. The van der Waals surface area contributed by atoms with Crippen LogP contribution in [0.3, 0.4) is 0 Å². The van der Waals surface area contributed by atoms with E-state index in [-0.39, 0.29) is 0 Å². The van der Waals surface area contributed by atoms with Gasteiger partial charge in [-0.2, -0.15) is 0 Å². The van der Waals surface area contributed by atoms with Crippen LogP contribution in [0.2, 0.25) is 0 Å². The van der Waals surface area contributed by atoms with Gasteiger partial charge in [-0.1, -0.05) is 24.3 Å². The third-order valence-corrected chi connectivity index (χ3v) is 2.60. The predicted molar refractivity (Wildman–Crippen MR) is 53.2 cm³/mol. The molecule has 0 atom stereocenters. The van der Waals surface area contributed by atoms with Crippen molar-refractivity contribution >= 4 is 11.9 Å². The van der Waals surface area contributed by atoms with E-state index in [1.54, 1.807) is 0 Å². The average Bonchev–Trinajstić information content (AvgIpc) is 2.27. The quantitative estimate of drug-likeness (QED) is 0.633. The predicted octanol–water partition coefficient (Wildman–Crippen LogP) is 0.656. The molecule has 0 spiro atoms. The minimum Gasteiger partial charge on any atom is -0.474 e. The van der Waals surface area contributed by atoms with Crippen molar-refractivity contribution < 1.29 is 14.7 Å². The second-order valence-electron chi connectivity index (χ2n) is 3.55. The van der Waals surface area contributed by atoms with Crippen LogP contribution in [0.5, 0.6) is 0 Å². The number of hydrogen-bond donors (Lipinski definition) is 1. The first-order valence-electron chi connectivity index (χ1n) is 4.77. The normalized spacial score (nSPS) is 14.5. The van der Waals surface area contributed by atoms with Crippen LogP contribution in [0.25, 0.3) is 0 Å². The molecule has 0 saturated carbocycles. The molecule has 1 aromatic rings. The van der Waals surface area contributed by atoms with Crippen LogP contribution in [0, 0.1) is 0 Å². The summed E-state index contributed by atoms with van der Waals surface area (Å²) in [6.07, 6.45) is 0.731. The van der Waals surface area contributed by atoms with E-state index >= 15 is 0 Å². The van der Waals surface area contributed by atoms with Crippen molar-refractivity contribution in [1.29, 1.82) is 0 Å². The lowest BCUT2D eigenvalue weighted by Gasteiger charge is -2.27. The maximum Gasteiger partial charge on any atom is 0.394 e.